The quantitative estimate of drug-likeness (QED) is 0.488. The summed E-state index contributed by atoms with van der Waals surface area (Å²) in [6.07, 6.45) is 0.168. The first kappa shape index (κ1) is 19.9. The minimum Gasteiger partial charge on any atom is -0.379 e. The molecule has 2 amide bonds. The van der Waals surface area contributed by atoms with Crippen LogP contribution in [-0.4, -0.2) is 23.3 Å². The Balaban J connectivity index is 1.87. The summed E-state index contributed by atoms with van der Waals surface area (Å²) in [4.78, 5) is 33.8. The minimum absolute atomic E-state index is 0.0268. The first-order valence-corrected chi connectivity index (χ1v) is 8.51. The van der Waals surface area contributed by atoms with Crippen LogP contribution in [0.25, 0.3) is 0 Å². The second-order valence-electron chi connectivity index (χ2n) is 6.05. The largest absolute Gasteiger partial charge is 0.379 e. The molecule has 8 nitrogen and oxygen atoms in total. The third-order valence-electron chi connectivity index (χ3n) is 3.85. The highest BCUT2D eigenvalue weighted by Crippen LogP contribution is 2.23. The summed E-state index contributed by atoms with van der Waals surface area (Å²) >= 11 is 0. The van der Waals surface area contributed by atoms with Crippen molar-refractivity contribution in [3.8, 4) is 0 Å². The Morgan fingerprint density at radius 1 is 1.15 bits per heavy atom. The van der Waals surface area contributed by atoms with Crippen LogP contribution >= 0.6 is 0 Å². The molecule has 0 aliphatic heterocycles. The highest BCUT2D eigenvalue weighted by atomic mass is 16.6. The maximum Gasteiger partial charge on any atom is 0.292 e. The predicted molar refractivity (Wildman–Crippen MR) is 104 cm³/mol. The third kappa shape index (κ3) is 6.10. The lowest BCUT2D eigenvalue weighted by Crippen LogP contribution is -2.28. The number of para-hydroxylation sites is 2. The second kappa shape index (κ2) is 9.33. The first-order chi connectivity index (χ1) is 12.9. The van der Waals surface area contributed by atoms with Gasteiger partial charge in [0.25, 0.3) is 5.69 Å². The predicted octanol–water partition coefficient (Wildman–Crippen LogP) is 3.23. The monoisotopic (exact) mass is 370 g/mol. The fourth-order valence-corrected chi connectivity index (χ4v) is 2.58. The van der Waals surface area contributed by atoms with Gasteiger partial charge in [0.2, 0.25) is 11.8 Å². The Labute approximate surface area is 157 Å². The van der Waals surface area contributed by atoms with Gasteiger partial charge in [-0.15, -0.1) is 0 Å². The number of rotatable bonds is 8. The van der Waals surface area contributed by atoms with E-state index in [2.05, 4.69) is 16.0 Å². The third-order valence-corrected chi connectivity index (χ3v) is 3.85. The van der Waals surface area contributed by atoms with E-state index in [9.17, 15) is 19.7 Å². The molecule has 2 aromatic carbocycles. The van der Waals surface area contributed by atoms with Gasteiger partial charge in [-0.1, -0.05) is 24.3 Å². The van der Waals surface area contributed by atoms with Crippen molar-refractivity contribution >= 4 is 28.9 Å². The molecule has 0 bridgehead atoms. The molecular formula is C19H22N4O4. The van der Waals surface area contributed by atoms with Crippen LogP contribution in [-0.2, 0) is 9.59 Å². The SMILES string of the molecule is CC(=O)Nc1cccc(C(C)NC(=O)CCNc2ccccc2[N+](=O)[O-])c1. The maximum atomic E-state index is 12.1. The Kier molecular flexibility index (Phi) is 6.87. The van der Waals surface area contributed by atoms with Crippen LogP contribution in [0.5, 0.6) is 0 Å². The molecule has 1 unspecified atom stereocenters. The minimum atomic E-state index is -0.466. The summed E-state index contributed by atoms with van der Waals surface area (Å²) in [6.45, 7) is 3.55. The molecule has 0 aliphatic carbocycles. The smallest absolute Gasteiger partial charge is 0.292 e. The first-order valence-electron chi connectivity index (χ1n) is 8.51. The highest BCUT2D eigenvalue weighted by Gasteiger charge is 2.13. The number of nitro groups is 1. The van der Waals surface area contributed by atoms with Crippen molar-refractivity contribution in [3.63, 3.8) is 0 Å². The van der Waals surface area contributed by atoms with Gasteiger partial charge in [-0.25, -0.2) is 0 Å². The number of amides is 2. The summed E-state index contributed by atoms with van der Waals surface area (Å²) in [7, 11) is 0. The van der Waals surface area contributed by atoms with Gasteiger partial charge in [0.1, 0.15) is 5.69 Å². The van der Waals surface area contributed by atoms with Gasteiger partial charge in [0.05, 0.1) is 11.0 Å². The van der Waals surface area contributed by atoms with Crippen molar-refractivity contribution in [3.05, 3.63) is 64.2 Å². The van der Waals surface area contributed by atoms with Gasteiger partial charge in [-0.05, 0) is 30.7 Å². The van der Waals surface area contributed by atoms with Gasteiger partial charge >= 0.3 is 0 Å². The molecule has 0 saturated heterocycles. The van der Waals surface area contributed by atoms with Gasteiger partial charge < -0.3 is 16.0 Å². The Morgan fingerprint density at radius 2 is 1.89 bits per heavy atom. The molecule has 27 heavy (non-hydrogen) atoms. The standard InChI is InChI=1S/C19H22N4O4/c1-13(15-6-5-7-16(12-15)22-14(2)24)21-19(25)10-11-20-17-8-3-4-9-18(17)23(26)27/h3-9,12-13,20H,10-11H2,1-2H3,(H,21,25)(H,22,24). The number of benzene rings is 2. The molecule has 0 aromatic heterocycles. The zero-order chi connectivity index (χ0) is 19.8. The number of nitro benzene ring substituents is 1. The van der Waals surface area contributed by atoms with Crippen LogP contribution in [0.15, 0.2) is 48.5 Å². The lowest BCUT2D eigenvalue weighted by atomic mass is 10.1. The average molecular weight is 370 g/mol. The molecule has 0 heterocycles. The number of nitrogens with zero attached hydrogens (tertiary/aromatic N) is 1. The Morgan fingerprint density at radius 3 is 2.59 bits per heavy atom. The van der Waals surface area contributed by atoms with Crippen LogP contribution in [0.4, 0.5) is 17.1 Å². The Hall–Kier alpha value is -3.42. The molecule has 0 fully saturated rings. The summed E-state index contributed by atoms with van der Waals surface area (Å²) < 4.78 is 0. The molecule has 142 valence electrons. The van der Waals surface area contributed by atoms with Gasteiger partial charge in [-0.3, -0.25) is 19.7 Å². The van der Waals surface area contributed by atoms with Crippen molar-refractivity contribution in [1.29, 1.82) is 0 Å². The fraction of sp³-hybridized carbons (Fsp3) is 0.263. The summed E-state index contributed by atoms with van der Waals surface area (Å²) in [6, 6.07) is 13.3. The Bertz CT molecular complexity index is 838. The molecule has 1 atom stereocenters. The number of anilines is 2. The van der Waals surface area contributed by atoms with E-state index >= 15 is 0 Å². The van der Waals surface area contributed by atoms with E-state index in [1.807, 2.05) is 13.0 Å². The van der Waals surface area contributed by atoms with E-state index < -0.39 is 4.92 Å². The fourth-order valence-electron chi connectivity index (χ4n) is 2.58. The molecular weight excluding hydrogens is 348 g/mol. The molecule has 2 rings (SSSR count). The lowest BCUT2D eigenvalue weighted by molar-refractivity contribution is -0.384. The van der Waals surface area contributed by atoms with Gasteiger partial charge in [0.15, 0.2) is 0 Å². The van der Waals surface area contributed by atoms with E-state index in [4.69, 9.17) is 0 Å². The zero-order valence-electron chi connectivity index (χ0n) is 15.2. The molecule has 0 radical (unpaired) electrons. The van der Waals surface area contributed by atoms with Gasteiger partial charge in [0, 0.05) is 31.6 Å². The van der Waals surface area contributed by atoms with Crippen molar-refractivity contribution in [2.45, 2.75) is 26.3 Å². The van der Waals surface area contributed by atoms with Crippen molar-refractivity contribution in [1.82, 2.24) is 5.32 Å². The van der Waals surface area contributed by atoms with E-state index in [0.717, 1.165) is 5.56 Å². The second-order valence-corrected chi connectivity index (χ2v) is 6.05. The summed E-state index contributed by atoms with van der Waals surface area (Å²) in [5.74, 6) is -0.344. The van der Waals surface area contributed by atoms with E-state index in [-0.39, 0.29) is 36.5 Å². The van der Waals surface area contributed by atoms with Crippen LogP contribution in [0.3, 0.4) is 0 Å². The number of hydrogen-bond acceptors (Lipinski definition) is 5. The topological polar surface area (TPSA) is 113 Å². The van der Waals surface area contributed by atoms with Gasteiger partial charge in [-0.2, -0.15) is 0 Å². The summed E-state index contributed by atoms with van der Waals surface area (Å²) in [5.41, 5.74) is 1.88. The number of carbonyl (C=O) groups is 2. The number of carbonyl (C=O) groups excluding carboxylic acids is 2. The zero-order valence-corrected chi connectivity index (χ0v) is 15.2. The highest BCUT2D eigenvalue weighted by molar-refractivity contribution is 5.88. The van der Waals surface area contributed by atoms with Crippen LogP contribution in [0.1, 0.15) is 31.9 Å². The van der Waals surface area contributed by atoms with Crippen molar-refractivity contribution in [2.75, 3.05) is 17.2 Å². The average Bonchev–Trinajstić information content (AvgIpc) is 2.61. The number of hydrogen-bond donors (Lipinski definition) is 3. The molecule has 8 heteroatoms. The van der Waals surface area contributed by atoms with Crippen molar-refractivity contribution < 1.29 is 14.5 Å². The molecule has 0 aliphatic rings. The van der Waals surface area contributed by atoms with Crippen LogP contribution in [0, 0.1) is 10.1 Å². The lowest BCUT2D eigenvalue weighted by Gasteiger charge is -2.16. The van der Waals surface area contributed by atoms with Crippen LogP contribution in [0.2, 0.25) is 0 Å². The normalized spacial score (nSPS) is 11.3. The maximum absolute atomic E-state index is 12.1. The number of nitrogens with one attached hydrogen (secondary N) is 3. The van der Waals surface area contributed by atoms with E-state index in [0.29, 0.717) is 11.4 Å². The van der Waals surface area contributed by atoms with Crippen molar-refractivity contribution in [2.24, 2.45) is 0 Å². The van der Waals surface area contributed by atoms with Crippen LogP contribution < -0.4 is 16.0 Å². The molecule has 0 spiro atoms. The molecule has 0 saturated carbocycles. The van der Waals surface area contributed by atoms with E-state index in [1.54, 1.807) is 36.4 Å². The molecule has 2 aromatic rings. The van der Waals surface area contributed by atoms with E-state index in [1.165, 1.54) is 13.0 Å². The molecule has 3 N–H and O–H groups in total. The summed E-state index contributed by atoms with van der Waals surface area (Å²) in [5, 5.41) is 19.5.